The van der Waals surface area contributed by atoms with Gasteiger partial charge in [-0.05, 0) is 184 Å². The zero-order valence-electron chi connectivity index (χ0n) is 62.3. The minimum Gasteiger partial charge on any atom is -0.368 e. The van der Waals surface area contributed by atoms with Crippen molar-refractivity contribution in [2.75, 3.05) is 65.4 Å². The summed E-state index contributed by atoms with van der Waals surface area (Å²) < 4.78 is 0. The monoisotopic (exact) mass is 1440 g/mol. The molecule has 7 N–H and O–H groups in total. The lowest BCUT2D eigenvalue weighted by molar-refractivity contribution is -0.155. The Balaban J connectivity index is 0.741. The van der Waals surface area contributed by atoms with Crippen molar-refractivity contribution < 1.29 is 67.1 Å². The number of carbonyl (C=O) groups excluding carboxylic acids is 14. The molecule has 10 saturated heterocycles. The Bertz CT molecular complexity index is 3180. The zero-order chi connectivity index (χ0) is 74.2. The molecule has 0 saturated carbocycles. The Labute approximate surface area is 607 Å². The van der Waals surface area contributed by atoms with Crippen LogP contribution in [0.4, 0.5) is 0 Å². The van der Waals surface area contributed by atoms with Gasteiger partial charge in [-0.1, -0.05) is 55.4 Å². The van der Waals surface area contributed by atoms with Crippen LogP contribution in [0.5, 0.6) is 0 Å². The number of nitrogens with zero attached hydrogens (tertiary/aromatic N) is 9. The smallest absolute Gasteiger partial charge is 0.246 e. The molecule has 0 radical (unpaired) electrons. The quantitative estimate of drug-likeness (QED) is 0.0710. The summed E-state index contributed by atoms with van der Waals surface area (Å²) in [4.78, 5) is 215. The zero-order valence-corrected chi connectivity index (χ0v) is 62.3. The molecule has 0 aromatic heterocycles. The first-order valence-electron chi connectivity index (χ1n) is 39.1. The minimum absolute atomic E-state index is 0.0425. The lowest BCUT2D eigenvalue weighted by Gasteiger charge is -2.37. The highest BCUT2D eigenvalue weighted by atomic mass is 16.2. The van der Waals surface area contributed by atoms with E-state index in [0.29, 0.717) is 148 Å². The first-order valence-corrected chi connectivity index (χ1v) is 39.1. The van der Waals surface area contributed by atoms with E-state index in [-0.39, 0.29) is 129 Å². The van der Waals surface area contributed by atoms with Gasteiger partial charge in [0.05, 0.1) is 6.04 Å². The van der Waals surface area contributed by atoms with Gasteiger partial charge in [-0.3, -0.25) is 67.1 Å². The lowest BCUT2D eigenvalue weighted by Crippen LogP contribution is -2.60. The lowest BCUT2D eigenvalue weighted by atomic mass is 9.98. The van der Waals surface area contributed by atoms with Crippen molar-refractivity contribution in [3.05, 3.63) is 0 Å². The van der Waals surface area contributed by atoms with Crippen LogP contribution in [0.3, 0.4) is 0 Å². The summed E-state index contributed by atoms with van der Waals surface area (Å²) in [6.45, 7) is 18.7. The molecule has 10 aliphatic heterocycles. The topological polar surface area (TPSA) is 354 Å². The van der Waals surface area contributed by atoms with Gasteiger partial charge in [0.1, 0.15) is 78.5 Å². The maximum Gasteiger partial charge on any atom is 0.246 e. The first-order chi connectivity index (χ1) is 49.1. The molecular weight excluding hydrogens is 1320 g/mol. The molecule has 0 aromatic rings. The molecule has 10 aliphatic rings. The molecule has 0 bridgehead atoms. The maximum absolute atomic E-state index is 15.0. The van der Waals surface area contributed by atoms with Crippen molar-refractivity contribution in [3.63, 3.8) is 0 Å². The average molecular weight is 1440 g/mol. The second-order valence-corrected chi connectivity index (χ2v) is 32.5. The van der Waals surface area contributed by atoms with E-state index >= 15 is 0 Å². The molecule has 0 spiro atoms. The number of primary amides is 1. The summed E-state index contributed by atoms with van der Waals surface area (Å²) in [5, 5.41) is 14.6. The van der Waals surface area contributed by atoms with Gasteiger partial charge >= 0.3 is 0 Å². The van der Waals surface area contributed by atoms with Crippen LogP contribution < -0.4 is 32.3 Å². The van der Waals surface area contributed by atoms with Gasteiger partial charge in [-0.2, -0.15) is 0 Å². The third kappa shape index (κ3) is 17.8. The largest absolute Gasteiger partial charge is 0.368 e. The fraction of sp³-hybridized carbons (Fsp3) is 0.811. The Hall–Kier alpha value is -7.46. The van der Waals surface area contributed by atoms with Crippen molar-refractivity contribution in [2.24, 2.45) is 29.4 Å². The summed E-state index contributed by atoms with van der Waals surface area (Å²) in [7, 11) is 0. The van der Waals surface area contributed by atoms with E-state index in [1.807, 2.05) is 55.4 Å². The van der Waals surface area contributed by atoms with Crippen molar-refractivity contribution in [3.8, 4) is 0 Å². The van der Waals surface area contributed by atoms with E-state index in [9.17, 15) is 67.1 Å². The van der Waals surface area contributed by atoms with Crippen LogP contribution in [0, 0.1) is 23.7 Å². The summed E-state index contributed by atoms with van der Waals surface area (Å²) in [5.74, 6) is -6.02. The van der Waals surface area contributed by atoms with E-state index in [4.69, 9.17) is 5.73 Å². The van der Waals surface area contributed by atoms with Crippen molar-refractivity contribution in [2.45, 2.75) is 294 Å². The van der Waals surface area contributed by atoms with Crippen LogP contribution in [-0.4, -0.2) is 277 Å². The highest BCUT2D eigenvalue weighted by Crippen LogP contribution is 2.36. The van der Waals surface area contributed by atoms with Gasteiger partial charge in [-0.15, -0.1) is 0 Å². The van der Waals surface area contributed by atoms with E-state index in [0.717, 1.165) is 19.4 Å². The second kappa shape index (κ2) is 34.6. The summed E-state index contributed by atoms with van der Waals surface area (Å²) in [5.41, 5.74) is 5.64. The number of carbonyl (C=O) groups is 14. The van der Waals surface area contributed by atoms with Crippen LogP contribution in [-0.2, 0) is 67.1 Å². The Kier molecular flexibility index (Phi) is 26.3. The molecule has 10 fully saturated rings. The number of likely N-dealkylation sites (tertiary alicyclic amines) is 9. The van der Waals surface area contributed by atoms with E-state index in [1.165, 1.54) is 9.80 Å². The van der Waals surface area contributed by atoms with Crippen LogP contribution in [0.15, 0.2) is 0 Å². The summed E-state index contributed by atoms with van der Waals surface area (Å²) in [6.07, 6.45) is 11.0. The molecule has 10 rings (SSSR count). The number of amides is 14. The Morgan fingerprint density at radius 2 is 0.505 bits per heavy atom. The van der Waals surface area contributed by atoms with Crippen LogP contribution in [0.2, 0.25) is 0 Å². The van der Waals surface area contributed by atoms with Crippen LogP contribution in [0.25, 0.3) is 0 Å². The predicted octanol–water partition coefficient (Wildman–Crippen LogP) is 1.27. The van der Waals surface area contributed by atoms with Crippen molar-refractivity contribution in [1.82, 2.24) is 70.7 Å². The van der Waals surface area contributed by atoms with Gasteiger partial charge in [0.25, 0.3) is 0 Å². The number of nitrogens with two attached hydrogens (primary N) is 1. The Morgan fingerprint density at radius 1 is 0.291 bits per heavy atom. The molecule has 0 unspecified atom stereocenters. The van der Waals surface area contributed by atoms with E-state index in [1.54, 1.807) is 34.3 Å². The summed E-state index contributed by atoms with van der Waals surface area (Å²) >= 11 is 0. The number of nitrogens with one attached hydrogen (secondary N) is 5. The first kappa shape index (κ1) is 78.1. The van der Waals surface area contributed by atoms with Gasteiger partial charge < -0.3 is 76.4 Å². The third-order valence-electron chi connectivity index (χ3n) is 23.2. The molecule has 10 heterocycles. The number of rotatable bonds is 26. The maximum atomic E-state index is 15.0. The molecule has 572 valence electrons. The van der Waals surface area contributed by atoms with Crippen molar-refractivity contribution in [1.29, 1.82) is 0 Å². The Morgan fingerprint density at radius 3 is 0.738 bits per heavy atom. The highest BCUT2D eigenvalue weighted by molar-refractivity contribution is 6.01. The average Bonchev–Trinajstić information content (AvgIpc) is 1.64. The third-order valence-corrected chi connectivity index (χ3v) is 23.2. The van der Waals surface area contributed by atoms with Crippen LogP contribution >= 0.6 is 0 Å². The molecule has 14 amide bonds. The number of hydrogen-bond donors (Lipinski definition) is 6. The molecule has 103 heavy (non-hydrogen) atoms. The van der Waals surface area contributed by atoms with Gasteiger partial charge in [-0.25, -0.2) is 0 Å². The predicted molar refractivity (Wildman–Crippen MR) is 378 cm³/mol. The fourth-order valence-electron chi connectivity index (χ4n) is 18.1. The fourth-order valence-corrected chi connectivity index (χ4v) is 18.1. The molecule has 29 heteroatoms. The normalized spacial score (nSPS) is 27.7. The van der Waals surface area contributed by atoms with Crippen molar-refractivity contribution >= 4 is 82.7 Å². The molecular formula is C74H117N15O14. The summed E-state index contributed by atoms with van der Waals surface area (Å²) in [6, 6.07) is -12.2. The van der Waals surface area contributed by atoms with E-state index < -0.39 is 114 Å². The van der Waals surface area contributed by atoms with E-state index in [2.05, 4.69) is 26.6 Å². The van der Waals surface area contributed by atoms with Gasteiger partial charge in [0, 0.05) is 58.9 Å². The van der Waals surface area contributed by atoms with Gasteiger partial charge in [0.15, 0.2) is 0 Å². The molecule has 14 atom stereocenters. The molecule has 0 aliphatic carbocycles. The standard InChI is InChI=1S/C74H117N15O14/c1-43(2)39-48(61(75)90)77-62(91)49(40-44(3)4)78-63(92)50(41-45(5)6)79-64(93)51(42-46(7)8)80-65(94)52-20-10-30-81(52)67(96)54-22-12-32-83(54)69(98)56-24-14-34-85(56)71(100)58-26-16-36-87(58)73(102)60-28-18-38-89(60)74(103)59-27-17-37-88(59)72(101)57-25-15-35-86(57)70(99)55-23-13-33-84(55)68(97)53-21-11-31-82(53)66(95)47-19-9-29-76-47/h43-60,76H,9-42H2,1-8H3,(H2,75,90)(H,77,91)(H,78,92)(H,79,93)(H,80,94)/t47-,48-,49-,50-,51-,52-,53-,54-,55-,56-,57-,58-,59-,60-/m0/s1. The highest BCUT2D eigenvalue weighted by Gasteiger charge is 2.53. The second-order valence-electron chi connectivity index (χ2n) is 32.5. The van der Waals surface area contributed by atoms with Gasteiger partial charge in [0.2, 0.25) is 82.7 Å². The SMILES string of the molecule is CC(C)C[C@H](NC(=O)[C@H](CC(C)C)NC(=O)[C@H](CC(C)C)NC(=O)[C@H](CC(C)C)NC(=O)[C@@H]1CCCN1C(=O)[C@@H]1CCCN1C(=O)[C@@H]1CCCN1C(=O)[C@@H]1CCCN1C(=O)[C@@H]1CCCN1C(=O)[C@@H]1CCCN1C(=O)[C@@H]1CCCN1C(=O)[C@@H]1CCCN1C(=O)[C@@H]1CCCN1C(=O)[C@@H]1CCCN1)C(N)=O. The molecule has 0 aromatic carbocycles. The van der Waals surface area contributed by atoms with Crippen LogP contribution in [0.1, 0.15) is 209 Å². The number of hydrogen-bond acceptors (Lipinski definition) is 15. The minimum atomic E-state index is -1.12. The molecule has 29 nitrogen and oxygen atoms in total.